The molecule has 0 aliphatic carbocycles. The van der Waals surface area contributed by atoms with Gasteiger partial charge in [0.2, 0.25) is 0 Å². The SMILES string of the molecule is O=C(/C=C/c1ccccc1)N(CCn1cccn1)c1nc2ccc(F)cc2s1. The predicted molar refractivity (Wildman–Crippen MR) is 110 cm³/mol. The van der Waals surface area contributed by atoms with Crippen molar-refractivity contribution in [3.63, 3.8) is 0 Å². The molecule has 28 heavy (non-hydrogen) atoms. The summed E-state index contributed by atoms with van der Waals surface area (Å²) in [5, 5.41) is 4.72. The molecule has 140 valence electrons. The molecule has 0 fully saturated rings. The maximum Gasteiger partial charge on any atom is 0.252 e. The van der Waals surface area contributed by atoms with E-state index in [0.29, 0.717) is 28.4 Å². The Morgan fingerprint density at radius 3 is 2.82 bits per heavy atom. The molecule has 0 spiro atoms. The molecular formula is C21H17FN4OS. The highest BCUT2D eigenvalue weighted by atomic mass is 32.1. The van der Waals surface area contributed by atoms with Crippen LogP contribution in [-0.4, -0.2) is 27.2 Å². The van der Waals surface area contributed by atoms with Gasteiger partial charge < -0.3 is 0 Å². The van der Waals surface area contributed by atoms with E-state index in [4.69, 9.17) is 0 Å². The smallest absolute Gasteiger partial charge is 0.252 e. The summed E-state index contributed by atoms with van der Waals surface area (Å²) in [7, 11) is 0. The monoisotopic (exact) mass is 392 g/mol. The number of carbonyl (C=O) groups is 1. The molecule has 7 heteroatoms. The lowest BCUT2D eigenvalue weighted by molar-refractivity contribution is -0.114. The summed E-state index contributed by atoms with van der Waals surface area (Å²) in [4.78, 5) is 19.0. The molecule has 0 aliphatic heterocycles. The van der Waals surface area contributed by atoms with Crippen molar-refractivity contribution < 1.29 is 9.18 Å². The van der Waals surface area contributed by atoms with E-state index in [1.54, 1.807) is 27.9 Å². The minimum Gasteiger partial charge on any atom is -0.283 e. The van der Waals surface area contributed by atoms with Gasteiger partial charge in [-0.1, -0.05) is 41.7 Å². The highest BCUT2D eigenvalue weighted by Crippen LogP contribution is 2.29. The first-order valence-electron chi connectivity index (χ1n) is 8.77. The molecule has 2 heterocycles. The Morgan fingerprint density at radius 2 is 2.04 bits per heavy atom. The number of aromatic nitrogens is 3. The van der Waals surface area contributed by atoms with E-state index >= 15 is 0 Å². The number of fused-ring (bicyclic) bond motifs is 1. The second kappa shape index (κ2) is 8.14. The minimum absolute atomic E-state index is 0.185. The van der Waals surface area contributed by atoms with Gasteiger partial charge in [0.05, 0.1) is 16.8 Å². The second-order valence-corrected chi connectivity index (χ2v) is 7.12. The van der Waals surface area contributed by atoms with Crippen LogP contribution in [0.25, 0.3) is 16.3 Å². The minimum atomic E-state index is -0.318. The van der Waals surface area contributed by atoms with Gasteiger partial charge in [-0.15, -0.1) is 0 Å². The van der Waals surface area contributed by atoms with Crippen molar-refractivity contribution >= 4 is 38.7 Å². The predicted octanol–water partition coefficient (Wildman–Crippen LogP) is 4.38. The third-order valence-corrected chi connectivity index (χ3v) is 5.21. The molecule has 4 rings (SSSR count). The Labute approximate surface area is 165 Å². The van der Waals surface area contributed by atoms with E-state index in [2.05, 4.69) is 10.1 Å². The highest BCUT2D eigenvalue weighted by molar-refractivity contribution is 7.22. The molecule has 4 aromatic rings. The van der Waals surface area contributed by atoms with Gasteiger partial charge in [0.25, 0.3) is 5.91 Å². The molecule has 0 saturated carbocycles. The standard InChI is InChI=1S/C21H17FN4OS/c22-17-8-9-18-19(15-17)28-21(24-18)26(14-13-25-12-4-11-23-25)20(27)10-7-16-5-2-1-3-6-16/h1-12,15H,13-14H2/b10-7+. The fourth-order valence-corrected chi connectivity index (χ4v) is 3.78. The average Bonchev–Trinajstić information content (AvgIpc) is 3.37. The Bertz CT molecular complexity index is 1110. The van der Waals surface area contributed by atoms with Gasteiger partial charge in [0.1, 0.15) is 5.82 Å². The van der Waals surface area contributed by atoms with Crippen molar-refractivity contribution in [3.8, 4) is 0 Å². The number of anilines is 1. The van der Waals surface area contributed by atoms with Crippen LogP contribution in [0.2, 0.25) is 0 Å². The van der Waals surface area contributed by atoms with E-state index < -0.39 is 0 Å². The van der Waals surface area contributed by atoms with Crippen molar-refractivity contribution in [1.82, 2.24) is 14.8 Å². The van der Waals surface area contributed by atoms with E-state index in [0.717, 1.165) is 5.56 Å². The zero-order valence-corrected chi connectivity index (χ0v) is 15.7. The lowest BCUT2D eigenvalue weighted by Crippen LogP contribution is -2.32. The number of benzene rings is 2. The van der Waals surface area contributed by atoms with Crippen LogP contribution in [0.3, 0.4) is 0 Å². The Kier molecular flexibility index (Phi) is 5.25. The molecule has 0 aliphatic rings. The summed E-state index contributed by atoms with van der Waals surface area (Å²) >= 11 is 1.30. The van der Waals surface area contributed by atoms with Gasteiger partial charge in [-0.3, -0.25) is 14.4 Å². The van der Waals surface area contributed by atoms with Crippen molar-refractivity contribution in [2.24, 2.45) is 0 Å². The molecule has 0 unspecified atom stereocenters. The van der Waals surface area contributed by atoms with Crippen LogP contribution < -0.4 is 4.90 Å². The van der Waals surface area contributed by atoms with E-state index in [1.165, 1.54) is 29.5 Å². The Morgan fingerprint density at radius 1 is 1.18 bits per heavy atom. The molecular weight excluding hydrogens is 375 g/mol. The number of halogens is 1. The van der Waals surface area contributed by atoms with Gasteiger partial charge in [0, 0.05) is 25.0 Å². The first-order chi connectivity index (χ1) is 13.7. The lowest BCUT2D eigenvalue weighted by Gasteiger charge is -2.18. The largest absolute Gasteiger partial charge is 0.283 e. The van der Waals surface area contributed by atoms with Gasteiger partial charge in [0.15, 0.2) is 5.13 Å². The second-order valence-electron chi connectivity index (χ2n) is 6.11. The molecule has 0 radical (unpaired) electrons. The molecule has 0 bridgehead atoms. The number of hydrogen-bond donors (Lipinski definition) is 0. The number of thiazole rings is 1. The van der Waals surface area contributed by atoms with Crippen LogP contribution in [0, 0.1) is 5.82 Å². The number of hydrogen-bond acceptors (Lipinski definition) is 4. The number of nitrogens with zero attached hydrogens (tertiary/aromatic N) is 4. The fraction of sp³-hybridized carbons (Fsp3) is 0.0952. The maximum atomic E-state index is 13.5. The lowest BCUT2D eigenvalue weighted by atomic mass is 10.2. The van der Waals surface area contributed by atoms with E-state index in [1.807, 2.05) is 42.6 Å². The average molecular weight is 392 g/mol. The zero-order chi connectivity index (χ0) is 19.3. The van der Waals surface area contributed by atoms with Crippen LogP contribution in [0.5, 0.6) is 0 Å². The summed E-state index contributed by atoms with van der Waals surface area (Å²) in [6, 6.07) is 15.9. The van der Waals surface area contributed by atoms with Crippen molar-refractivity contribution in [2.45, 2.75) is 6.54 Å². The molecule has 1 amide bonds. The summed E-state index contributed by atoms with van der Waals surface area (Å²) in [6.07, 6.45) is 6.85. The molecule has 0 atom stereocenters. The summed E-state index contributed by atoms with van der Waals surface area (Å²) in [5.74, 6) is -0.503. The fourth-order valence-electron chi connectivity index (χ4n) is 2.76. The number of amides is 1. The highest BCUT2D eigenvalue weighted by Gasteiger charge is 2.18. The molecule has 2 aromatic heterocycles. The van der Waals surface area contributed by atoms with Gasteiger partial charge in [-0.25, -0.2) is 9.37 Å². The Hall–Kier alpha value is -3.32. The van der Waals surface area contributed by atoms with Crippen LogP contribution in [0.15, 0.2) is 73.1 Å². The molecule has 0 N–H and O–H groups in total. The molecule has 2 aromatic carbocycles. The van der Waals surface area contributed by atoms with Crippen LogP contribution in [0.1, 0.15) is 5.56 Å². The van der Waals surface area contributed by atoms with E-state index in [9.17, 15) is 9.18 Å². The van der Waals surface area contributed by atoms with Crippen LogP contribution in [0.4, 0.5) is 9.52 Å². The van der Waals surface area contributed by atoms with Crippen molar-refractivity contribution in [1.29, 1.82) is 0 Å². The van der Waals surface area contributed by atoms with Gasteiger partial charge in [-0.2, -0.15) is 5.10 Å². The molecule has 0 saturated heterocycles. The molecule has 5 nitrogen and oxygen atoms in total. The van der Waals surface area contributed by atoms with Crippen LogP contribution in [-0.2, 0) is 11.3 Å². The Balaban J connectivity index is 1.61. The summed E-state index contributed by atoms with van der Waals surface area (Å²) in [5.41, 5.74) is 1.61. The van der Waals surface area contributed by atoms with Crippen LogP contribution >= 0.6 is 11.3 Å². The third-order valence-electron chi connectivity index (χ3n) is 4.17. The van der Waals surface area contributed by atoms with Gasteiger partial charge in [-0.05, 0) is 35.9 Å². The number of carbonyl (C=O) groups excluding carboxylic acids is 1. The third kappa shape index (κ3) is 4.15. The maximum absolute atomic E-state index is 13.5. The van der Waals surface area contributed by atoms with E-state index in [-0.39, 0.29) is 11.7 Å². The quantitative estimate of drug-likeness (QED) is 0.458. The first-order valence-corrected chi connectivity index (χ1v) is 9.59. The first kappa shape index (κ1) is 18.1. The van der Waals surface area contributed by atoms with Crippen molar-refractivity contribution in [2.75, 3.05) is 11.4 Å². The van der Waals surface area contributed by atoms with Crippen molar-refractivity contribution in [3.05, 3.63) is 84.4 Å². The normalized spacial score (nSPS) is 11.3. The topological polar surface area (TPSA) is 51.0 Å². The summed E-state index contributed by atoms with van der Waals surface area (Å²) < 4.78 is 16.0. The van der Waals surface area contributed by atoms with Gasteiger partial charge >= 0.3 is 0 Å². The zero-order valence-electron chi connectivity index (χ0n) is 14.9. The number of rotatable bonds is 6. The summed E-state index contributed by atoms with van der Waals surface area (Å²) in [6.45, 7) is 0.935.